The molecule has 2 aliphatic heterocycles. The van der Waals surface area contributed by atoms with Crippen molar-refractivity contribution in [3.63, 3.8) is 0 Å². The zero-order chi connectivity index (χ0) is 30.0. The zero-order valence-corrected chi connectivity index (χ0v) is 25.1. The van der Waals surface area contributed by atoms with E-state index in [9.17, 15) is 19.7 Å². The summed E-state index contributed by atoms with van der Waals surface area (Å²) in [6.07, 6.45) is 5.51. The molecule has 42 heavy (non-hydrogen) atoms. The van der Waals surface area contributed by atoms with Crippen molar-refractivity contribution < 1.29 is 29.1 Å². The standard InChI is InChI=1S/C34H42BNO6/c1-5-14-36-33(38)27-18-25(20-41-26-10-8-7-9-11-26)30-28(31(27)34(36)39)19-35(40)42-29(30)13-12-23(6-2)17-24-15-21(3)32(37)22(4)16-24/h7-11,15-17,27-29,31,37,40H,5-6,12-14,18-20H2,1-4H3/b23-17+/t27-,28+,29-,31-/m1/s1. The van der Waals surface area contributed by atoms with Gasteiger partial charge in [0, 0.05) is 6.54 Å². The van der Waals surface area contributed by atoms with Crippen molar-refractivity contribution in [3.05, 3.63) is 75.9 Å². The van der Waals surface area contributed by atoms with Crippen molar-refractivity contribution in [2.24, 2.45) is 17.8 Å². The quantitative estimate of drug-likeness (QED) is 0.211. The summed E-state index contributed by atoms with van der Waals surface area (Å²) in [5.74, 6) is -0.300. The van der Waals surface area contributed by atoms with Gasteiger partial charge in [0.05, 0.1) is 17.9 Å². The van der Waals surface area contributed by atoms with E-state index in [1.165, 1.54) is 10.5 Å². The number of imide groups is 1. The second-order valence-corrected chi connectivity index (χ2v) is 11.9. The molecular weight excluding hydrogens is 529 g/mol. The van der Waals surface area contributed by atoms with E-state index in [1.807, 2.05) is 63.2 Å². The minimum atomic E-state index is -1.00. The van der Waals surface area contributed by atoms with Crippen LogP contribution < -0.4 is 4.74 Å². The van der Waals surface area contributed by atoms with Crippen molar-refractivity contribution in [1.29, 1.82) is 0 Å². The fourth-order valence-electron chi connectivity index (χ4n) is 7.07. The molecule has 0 radical (unpaired) electrons. The van der Waals surface area contributed by atoms with Crippen molar-refractivity contribution in [2.45, 2.75) is 72.2 Å². The van der Waals surface area contributed by atoms with Crippen LogP contribution in [0.25, 0.3) is 6.08 Å². The SMILES string of the molecule is CCCN1C(=O)[C@@H]2[C@@H](CC(COc3ccccc3)=C3[C@@H](CC/C(=C/c4cc(C)c(O)c(C)c4)CC)OB(O)C[C@@H]32)C1=O. The third kappa shape index (κ3) is 6.06. The van der Waals surface area contributed by atoms with Gasteiger partial charge in [-0.3, -0.25) is 14.5 Å². The maximum absolute atomic E-state index is 13.6. The van der Waals surface area contributed by atoms with Gasteiger partial charge < -0.3 is 19.5 Å². The fourth-order valence-corrected chi connectivity index (χ4v) is 7.07. The van der Waals surface area contributed by atoms with Gasteiger partial charge in [0.25, 0.3) is 0 Å². The largest absolute Gasteiger partial charge is 0.507 e. The molecule has 5 rings (SSSR count). The third-order valence-electron chi connectivity index (χ3n) is 9.07. The first kappa shape index (κ1) is 30.1. The van der Waals surface area contributed by atoms with E-state index in [1.54, 1.807) is 0 Å². The van der Waals surface area contributed by atoms with Crippen LogP contribution >= 0.6 is 0 Å². The highest BCUT2D eigenvalue weighted by atomic mass is 16.5. The molecule has 2 heterocycles. The molecule has 2 aromatic rings. The molecule has 2 N–H and O–H groups in total. The number of phenols is 1. The number of allylic oxidation sites excluding steroid dienone is 1. The van der Waals surface area contributed by atoms with Crippen LogP contribution in [0.15, 0.2) is 59.2 Å². The van der Waals surface area contributed by atoms with E-state index in [-0.39, 0.29) is 23.8 Å². The number of carbonyl (C=O) groups is 2. The lowest BCUT2D eigenvalue weighted by molar-refractivity contribution is -0.140. The van der Waals surface area contributed by atoms with Crippen molar-refractivity contribution in [3.8, 4) is 11.5 Å². The monoisotopic (exact) mass is 571 g/mol. The Labute approximate surface area is 249 Å². The Morgan fingerprint density at radius 2 is 1.81 bits per heavy atom. The number of phenolic OH excluding ortho intramolecular Hbond substituents is 1. The Hall–Kier alpha value is -3.36. The maximum Gasteiger partial charge on any atom is 0.455 e. The van der Waals surface area contributed by atoms with Gasteiger partial charge in [0.1, 0.15) is 18.1 Å². The summed E-state index contributed by atoms with van der Waals surface area (Å²) in [7, 11) is -1.00. The van der Waals surface area contributed by atoms with Gasteiger partial charge in [0.2, 0.25) is 11.8 Å². The van der Waals surface area contributed by atoms with Crippen LogP contribution in [0.2, 0.25) is 6.32 Å². The normalized spacial score (nSPS) is 24.3. The number of para-hydroxylation sites is 1. The van der Waals surface area contributed by atoms with E-state index in [0.29, 0.717) is 44.5 Å². The highest BCUT2D eigenvalue weighted by Gasteiger charge is 2.57. The molecule has 2 fully saturated rings. The highest BCUT2D eigenvalue weighted by Crippen LogP contribution is 2.50. The lowest BCUT2D eigenvalue weighted by atomic mass is 9.58. The Kier molecular flexibility index (Phi) is 9.24. The molecule has 0 aromatic heterocycles. The molecule has 222 valence electrons. The molecule has 3 aliphatic rings. The number of hydrogen-bond acceptors (Lipinski definition) is 6. The molecule has 1 aliphatic carbocycles. The summed E-state index contributed by atoms with van der Waals surface area (Å²) >= 11 is 0. The average Bonchev–Trinajstić information content (AvgIpc) is 3.21. The van der Waals surface area contributed by atoms with E-state index >= 15 is 0 Å². The molecule has 2 saturated heterocycles. The van der Waals surface area contributed by atoms with E-state index < -0.39 is 19.0 Å². The molecule has 0 bridgehead atoms. The second kappa shape index (κ2) is 12.9. The first-order valence-corrected chi connectivity index (χ1v) is 15.3. The molecule has 0 saturated carbocycles. The number of hydrogen-bond donors (Lipinski definition) is 2. The molecule has 4 atom stereocenters. The summed E-state index contributed by atoms with van der Waals surface area (Å²) in [5, 5.41) is 21.1. The number of ether oxygens (including phenoxy) is 1. The summed E-state index contributed by atoms with van der Waals surface area (Å²) in [6, 6.07) is 13.6. The van der Waals surface area contributed by atoms with Crippen LogP contribution in [0.4, 0.5) is 0 Å². The molecule has 8 heteroatoms. The number of aromatic hydroxyl groups is 1. The third-order valence-corrected chi connectivity index (χ3v) is 9.07. The molecular formula is C34H42BNO6. The predicted octanol–water partition coefficient (Wildman–Crippen LogP) is 5.87. The smallest absolute Gasteiger partial charge is 0.455 e. The van der Waals surface area contributed by atoms with E-state index in [0.717, 1.165) is 46.4 Å². The van der Waals surface area contributed by atoms with Crippen molar-refractivity contribution in [2.75, 3.05) is 13.2 Å². The Morgan fingerprint density at radius 3 is 2.48 bits per heavy atom. The average molecular weight is 572 g/mol. The predicted molar refractivity (Wildman–Crippen MR) is 164 cm³/mol. The Balaban J connectivity index is 1.45. The highest BCUT2D eigenvalue weighted by molar-refractivity contribution is 6.43. The van der Waals surface area contributed by atoms with Crippen LogP contribution in [0.5, 0.6) is 11.5 Å². The number of nitrogens with zero attached hydrogens (tertiary/aromatic N) is 1. The number of rotatable bonds is 10. The summed E-state index contributed by atoms with van der Waals surface area (Å²) < 4.78 is 12.4. The molecule has 7 nitrogen and oxygen atoms in total. The van der Waals surface area contributed by atoms with Crippen LogP contribution in [0.1, 0.15) is 62.6 Å². The van der Waals surface area contributed by atoms with Gasteiger partial charge in [-0.1, -0.05) is 43.7 Å². The Bertz CT molecular complexity index is 1360. The van der Waals surface area contributed by atoms with Crippen LogP contribution in [-0.2, 0) is 14.2 Å². The molecule has 2 aromatic carbocycles. The fraction of sp³-hybridized carbons (Fsp3) is 0.471. The van der Waals surface area contributed by atoms with Crippen LogP contribution in [0, 0.1) is 31.6 Å². The first-order chi connectivity index (χ1) is 20.2. The molecule has 2 amide bonds. The lowest BCUT2D eigenvalue weighted by Crippen LogP contribution is -2.46. The van der Waals surface area contributed by atoms with Crippen LogP contribution in [0.3, 0.4) is 0 Å². The van der Waals surface area contributed by atoms with E-state index in [2.05, 4.69) is 13.0 Å². The zero-order valence-electron chi connectivity index (χ0n) is 25.1. The number of amides is 2. The summed E-state index contributed by atoms with van der Waals surface area (Å²) in [5.41, 5.74) is 6.01. The van der Waals surface area contributed by atoms with E-state index in [4.69, 9.17) is 9.39 Å². The van der Waals surface area contributed by atoms with Gasteiger partial charge in [-0.25, -0.2) is 0 Å². The number of benzene rings is 2. The van der Waals surface area contributed by atoms with Gasteiger partial charge in [0.15, 0.2) is 0 Å². The number of aryl methyl sites for hydroxylation is 2. The van der Waals surface area contributed by atoms with Crippen LogP contribution in [-0.4, -0.2) is 53.2 Å². The number of likely N-dealkylation sites (tertiary alicyclic amines) is 1. The Morgan fingerprint density at radius 1 is 1.10 bits per heavy atom. The lowest BCUT2D eigenvalue weighted by Gasteiger charge is -2.43. The van der Waals surface area contributed by atoms with Gasteiger partial charge >= 0.3 is 7.12 Å². The molecule has 0 unspecified atom stereocenters. The number of carbonyl (C=O) groups excluding carboxylic acids is 2. The minimum Gasteiger partial charge on any atom is -0.507 e. The second-order valence-electron chi connectivity index (χ2n) is 11.9. The summed E-state index contributed by atoms with van der Waals surface area (Å²) in [6.45, 7) is 8.64. The van der Waals surface area contributed by atoms with Crippen molar-refractivity contribution >= 4 is 25.0 Å². The first-order valence-electron chi connectivity index (χ1n) is 15.3. The van der Waals surface area contributed by atoms with Gasteiger partial charge in [-0.15, -0.1) is 0 Å². The van der Waals surface area contributed by atoms with Gasteiger partial charge in [-0.2, -0.15) is 0 Å². The minimum absolute atomic E-state index is 0.101. The number of fused-ring (bicyclic) bond motifs is 3. The topological polar surface area (TPSA) is 96.3 Å². The summed E-state index contributed by atoms with van der Waals surface area (Å²) in [4.78, 5) is 28.4. The van der Waals surface area contributed by atoms with Gasteiger partial charge in [-0.05, 0) is 110 Å². The molecule has 0 spiro atoms. The van der Waals surface area contributed by atoms with Crippen molar-refractivity contribution in [1.82, 2.24) is 4.90 Å². The maximum atomic E-state index is 13.6.